The molecule has 5 heterocycles. The molecule has 38 heavy (non-hydrogen) atoms. The molecule has 198 valence electrons. The molecule has 3 fully saturated rings. The van der Waals surface area contributed by atoms with E-state index in [9.17, 15) is 0 Å². The second kappa shape index (κ2) is 9.42. The summed E-state index contributed by atoms with van der Waals surface area (Å²) < 4.78 is 2.54. The number of imidazole rings is 1. The van der Waals surface area contributed by atoms with E-state index in [0.717, 1.165) is 43.2 Å². The Balaban J connectivity index is 1.08. The third kappa shape index (κ3) is 4.06. The maximum atomic E-state index is 5.78. The average molecular weight is 511 g/mol. The molecule has 4 aromatic rings. The molecule has 0 radical (unpaired) electrons. The lowest BCUT2D eigenvalue weighted by Gasteiger charge is -2.45. The van der Waals surface area contributed by atoms with Crippen LogP contribution in [-0.2, 0) is 5.41 Å². The molecule has 3 aliphatic rings. The number of anilines is 2. The fraction of sp³-hybridized carbons (Fsp3) is 0.500. The summed E-state index contributed by atoms with van der Waals surface area (Å²) in [5.74, 6) is 2.27. The van der Waals surface area contributed by atoms with Crippen LogP contribution in [0.25, 0.3) is 11.0 Å². The first-order valence-electron chi connectivity index (χ1n) is 14.3. The van der Waals surface area contributed by atoms with Crippen molar-refractivity contribution in [2.24, 2.45) is 0 Å². The fourth-order valence-electron chi connectivity index (χ4n) is 7.82. The largest absolute Gasteiger partial charge is 0.366 e. The Labute approximate surface area is 224 Å². The van der Waals surface area contributed by atoms with Crippen molar-refractivity contribution in [1.82, 2.24) is 29.6 Å². The summed E-state index contributed by atoms with van der Waals surface area (Å²) in [6.07, 6.45) is 8.55. The molecule has 8 nitrogen and oxygen atoms in total. The minimum atomic E-state index is 0.191. The van der Waals surface area contributed by atoms with Gasteiger partial charge in [0.25, 0.3) is 0 Å². The summed E-state index contributed by atoms with van der Waals surface area (Å²) in [5.41, 5.74) is 9.88. The van der Waals surface area contributed by atoms with Gasteiger partial charge in [-0.15, -0.1) is 5.10 Å². The molecule has 2 aromatic heterocycles. The molecule has 3 saturated heterocycles. The normalized spacial score (nSPS) is 25.3. The average Bonchev–Trinajstić information content (AvgIpc) is 3.60. The molecule has 8 heteroatoms. The van der Waals surface area contributed by atoms with Gasteiger partial charge in [-0.3, -0.25) is 4.90 Å². The molecular weight excluding hydrogens is 472 g/mol. The van der Waals surface area contributed by atoms with Crippen molar-refractivity contribution >= 4 is 22.9 Å². The van der Waals surface area contributed by atoms with Gasteiger partial charge in [0.1, 0.15) is 5.82 Å². The van der Waals surface area contributed by atoms with E-state index >= 15 is 0 Å². The molecule has 0 amide bonds. The van der Waals surface area contributed by atoms with E-state index in [0.29, 0.717) is 24.1 Å². The van der Waals surface area contributed by atoms with Gasteiger partial charge in [-0.25, -0.2) is 10.1 Å². The number of nitrogens with zero attached hydrogens (tertiary/aromatic N) is 6. The number of hydrogen-bond acceptors (Lipinski definition) is 6. The predicted octanol–water partition coefficient (Wildman–Crippen LogP) is 4.84. The summed E-state index contributed by atoms with van der Waals surface area (Å²) in [4.78, 5) is 14.4. The second-order valence-electron chi connectivity index (χ2n) is 11.7. The maximum Gasteiger partial charge on any atom is 0.241 e. The summed E-state index contributed by atoms with van der Waals surface area (Å²) in [5, 5.41) is 7.04. The van der Waals surface area contributed by atoms with Crippen molar-refractivity contribution in [2.75, 3.05) is 30.3 Å². The molecule has 3 N–H and O–H groups in total. The zero-order valence-electron chi connectivity index (χ0n) is 22.3. The Morgan fingerprint density at radius 1 is 0.921 bits per heavy atom. The number of aromatic nitrogens is 5. The van der Waals surface area contributed by atoms with E-state index < -0.39 is 0 Å². The number of nitrogen functional groups attached to an aromatic ring is 1. The molecule has 3 atom stereocenters. The number of para-hydroxylation sites is 2. The Kier molecular flexibility index (Phi) is 5.87. The van der Waals surface area contributed by atoms with Gasteiger partial charge in [-0.1, -0.05) is 42.5 Å². The lowest BCUT2D eigenvalue weighted by molar-refractivity contribution is 0.0937. The van der Waals surface area contributed by atoms with Gasteiger partial charge in [-0.2, -0.15) is 4.98 Å². The number of fused-ring (bicyclic) bond motifs is 3. The maximum absolute atomic E-state index is 5.78. The zero-order valence-corrected chi connectivity index (χ0v) is 22.3. The van der Waals surface area contributed by atoms with E-state index in [1.807, 2.05) is 0 Å². The van der Waals surface area contributed by atoms with E-state index in [1.54, 1.807) is 0 Å². The standard InChI is InChI=1S/C30H38N8/c1-21-32-26-9-5-6-10-27(26)38(21)25-19-23-11-12-24(20-25)37(23)18-15-30(22-7-3-2-4-8-22)13-16-36(17-14-30)29-33-28(31)34-35-29/h2-10,23-25H,11-20H2,1H3,(H3,31,33,34,35)/t23-,24+,25+. The van der Waals surface area contributed by atoms with Gasteiger partial charge in [0.05, 0.1) is 11.0 Å². The summed E-state index contributed by atoms with van der Waals surface area (Å²) in [7, 11) is 0. The number of hydrogen-bond donors (Lipinski definition) is 2. The van der Waals surface area contributed by atoms with Crippen LogP contribution in [0.2, 0.25) is 0 Å². The molecule has 7 rings (SSSR count). The van der Waals surface area contributed by atoms with Crippen molar-refractivity contribution < 1.29 is 0 Å². The number of rotatable bonds is 6. The Bertz CT molecular complexity index is 1390. The summed E-state index contributed by atoms with van der Waals surface area (Å²) >= 11 is 0. The van der Waals surface area contributed by atoms with E-state index in [4.69, 9.17) is 10.7 Å². The van der Waals surface area contributed by atoms with Crippen LogP contribution in [0.15, 0.2) is 54.6 Å². The van der Waals surface area contributed by atoms with Crippen LogP contribution in [0.5, 0.6) is 0 Å². The first kappa shape index (κ1) is 23.7. The highest BCUT2D eigenvalue weighted by Gasteiger charge is 2.44. The van der Waals surface area contributed by atoms with Crippen molar-refractivity contribution in [3.05, 3.63) is 66.0 Å². The number of benzene rings is 2. The smallest absolute Gasteiger partial charge is 0.241 e. The zero-order chi connectivity index (χ0) is 25.7. The fourth-order valence-corrected chi connectivity index (χ4v) is 7.82. The van der Waals surface area contributed by atoms with E-state index in [-0.39, 0.29) is 5.41 Å². The van der Waals surface area contributed by atoms with Crippen LogP contribution in [0.3, 0.4) is 0 Å². The molecular formula is C30H38N8. The van der Waals surface area contributed by atoms with Gasteiger partial charge < -0.3 is 15.2 Å². The number of aryl methyl sites for hydroxylation is 1. The van der Waals surface area contributed by atoms with E-state index in [1.165, 1.54) is 49.7 Å². The van der Waals surface area contributed by atoms with Crippen LogP contribution in [0.1, 0.15) is 62.4 Å². The van der Waals surface area contributed by atoms with Gasteiger partial charge >= 0.3 is 0 Å². The third-order valence-corrected chi connectivity index (χ3v) is 9.74. The Hall–Kier alpha value is -3.39. The number of nitrogens with one attached hydrogen (secondary N) is 1. The van der Waals surface area contributed by atoms with Crippen LogP contribution in [-0.4, -0.2) is 61.4 Å². The number of H-pyrrole nitrogens is 1. The van der Waals surface area contributed by atoms with Gasteiger partial charge in [0.2, 0.25) is 11.9 Å². The van der Waals surface area contributed by atoms with Gasteiger partial charge in [0, 0.05) is 31.2 Å². The number of aromatic amines is 1. The quantitative estimate of drug-likeness (QED) is 0.386. The highest BCUT2D eigenvalue weighted by Crippen LogP contribution is 2.45. The first-order valence-corrected chi connectivity index (χ1v) is 14.3. The number of nitrogens with two attached hydrogens (primary N) is 1. The Morgan fingerprint density at radius 3 is 2.34 bits per heavy atom. The third-order valence-electron chi connectivity index (χ3n) is 9.74. The highest BCUT2D eigenvalue weighted by atomic mass is 15.4. The summed E-state index contributed by atoms with van der Waals surface area (Å²) in [6, 6.07) is 21.8. The van der Waals surface area contributed by atoms with Crippen LogP contribution < -0.4 is 10.6 Å². The van der Waals surface area contributed by atoms with Crippen molar-refractivity contribution in [3.8, 4) is 0 Å². The van der Waals surface area contributed by atoms with Gasteiger partial charge in [-0.05, 0) is 81.5 Å². The molecule has 3 aliphatic heterocycles. The lowest BCUT2D eigenvalue weighted by Crippen LogP contribution is -2.48. The second-order valence-corrected chi connectivity index (χ2v) is 11.7. The Morgan fingerprint density at radius 2 is 1.63 bits per heavy atom. The minimum absolute atomic E-state index is 0.191. The molecule has 2 aromatic carbocycles. The highest BCUT2D eigenvalue weighted by molar-refractivity contribution is 5.76. The topological polar surface area (TPSA) is 91.9 Å². The minimum Gasteiger partial charge on any atom is -0.366 e. The molecule has 0 spiro atoms. The van der Waals surface area contributed by atoms with Crippen LogP contribution in [0, 0.1) is 6.92 Å². The van der Waals surface area contributed by atoms with Crippen molar-refractivity contribution in [2.45, 2.75) is 75.4 Å². The van der Waals surface area contributed by atoms with Crippen LogP contribution >= 0.6 is 0 Å². The van der Waals surface area contributed by atoms with E-state index in [2.05, 4.69) is 91.1 Å². The first-order chi connectivity index (χ1) is 18.6. The SMILES string of the molecule is Cc1nc2ccccc2n1[C@H]1C[C@H]2CC[C@@H](C1)N2CCC1(c2ccccc2)CCN(c2nc(N)n[nH]2)CC1. The molecule has 0 saturated carbocycles. The monoisotopic (exact) mass is 510 g/mol. The molecule has 0 unspecified atom stereocenters. The van der Waals surface area contributed by atoms with Gasteiger partial charge in [0.15, 0.2) is 0 Å². The summed E-state index contributed by atoms with van der Waals surface area (Å²) in [6.45, 7) is 5.28. The predicted molar refractivity (Wildman–Crippen MR) is 151 cm³/mol. The lowest BCUT2D eigenvalue weighted by atomic mass is 9.70. The van der Waals surface area contributed by atoms with Crippen molar-refractivity contribution in [1.29, 1.82) is 0 Å². The number of piperidine rings is 2. The molecule has 2 bridgehead atoms. The molecule has 0 aliphatic carbocycles. The van der Waals surface area contributed by atoms with Crippen LogP contribution in [0.4, 0.5) is 11.9 Å². The van der Waals surface area contributed by atoms with Crippen molar-refractivity contribution in [3.63, 3.8) is 0 Å².